The Bertz CT molecular complexity index is 787. The fourth-order valence-electron chi connectivity index (χ4n) is 6.88. The molecule has 0 spiro atoms. The molecule has 0 aromatic heterocycles. The molecule has 0 aromatic rings. The number of hydrogen-bond donors (Lipinski definition) is 2. The number of unbranched alkanes of at least 4 members (excludes halogenated alkanes) is 32. The fraction of sp³-hybridized carbons (Fsp3) is 0.977. The summed E-state index contributed by atoms with van der Waals surface area (Å²) >= 11 is 0. The molecule has 0 rings (SSSR count). The zero-order chi connectivity index (χ0) is 38.8. The van der Waals surface area contributed by atoms with Gasteiger partial charge in [0.2, 0.25) is 0 Å². The van der Waals surface area contributed by atoms with Crippen LogP contribution in [0.15, 0.2) is 0 Å². The van der Waals surface area contributed by atoms with Gasteiger partial charge in [0.1, 0.15) is 6.10 Å². The summed E-state index contributed by atoms with van der Waals surface area (Å²) in [6.07, 6.45) is 44.0. The van der Waals surface area contributed by atoms with E-state index in [9.17, 15) is 14.3 Å². The molecule has 2 atom stereocenters. The summed E-state index contributed by atoms with van der Waals surface area (Å²) in [5.41, 5.74) is 5.38. The van der Waals surface area contributed by atoms with Crippen molar-refractivity contribution in [3.05, 3.63) is 0 Å². The molecule has 0 fully saturated rings. The normalized spacial score (nSPS) is 13.4. The van der Waals surface area contributed by atoms with Gasteiger partial charge >= 0.3 is 13.8 Å². The van der Waals surface area contributed by atoms with Gasteiger partial charge in [0.15, 0.2) is 0 Å². The molecule has 3 N–H and O–H groups in total. The number of carbonyl (C=O) groups excluding carboxylic acids is 1. The van der Waals surface area contributed by atoms with Gasteiger partial charge in [-0.25, -0.2) is 4.57 Å². The Labute approximate surface area is 329 Å². The molecule has 0 saturated carbocycles. The Morgan fingerprint density at radius 1 is 0.491 bits per heavy atom. The van der Waals surface area contributed by atoms with Gasteiger partial charge < -0.3 is 20.1 Å². The van der Waals surface area contributed by atoms with Gasteiger partial charge in [0, 0.05) is 19.6 Å². The van der Waals surface area contributed by atoms with Crippen molar-refractivity contribution in [2.24, 2.45) is 5.73 Å². The molecule has 0 saturated heterocycles. The largest absolute Gasteiger partial charge is 0.472 e. The molecule has 0 bridgehead atoms. The van der Waals surface area contributed by atoms with Crippen LogP contribution in [-0.4, -0.2) is 49.9 Å². The third kappa shape index (κ3) is 42.5. The number of carbonyl (C=O) groups is 1. The highest BCUT2D eigenvalue weighted by Gasteiger charge is 2.25. The lowest BCUT2D eigenvalue weighted by Crippen LogP contribution is -2.28. The van der Waals surface area contributed by atoms with Crippen LogP contribution in [0.1, 0.15) is 239 Å². The second kappa shape index (κ2) is 42.6. The molecule has 0 aliphatic rings. The quantitative estimate of drug-likeness (QED) is 0.0357. The third-order valence-electron chi connectivity index (χ3n) is 10.3. The number of esters is 1. The van der Waals surface area contributed by atoms with E-state index in [2.05, 4.69) is 13.8 Å². The van der Waals surface area contributed by atoms with Gasteiger partial charge in [-0.3, -0.25) is 13.8 Å². The molecule has 2 unspecified atom stereocenters. The van der Waals surface area contributed by atoms with E-state index < -0.39 is 13.9 Å². The SMILES string of the molecule is CCCCCCCCCCCCCCCCCCCCC(=O)OC(COCCCCCCCCCCCCCCCCCC)COP(=O)(O)OCCN. The summed E-state index contributed by atoms with van der Waals surface area (Å²) in [5, 5.41) is 0. The minimum absolute atomic E-state index is 0.0899. The Balaban J connectivity index is 3.94. The minimum atomic E-state index is -4.27. The first kappa shape index (κ1) is 52.5. The summed E-state index contributed by atoms with van der Waals surface area (Å²) in [6, 6.07) is 0. The van der Waals surface area contributed by atoms with Crippen molar-refractivity contribution < 1.29 is 32.8 Å². The zero-order valence-corrected chi connectivity index (χ0v) is 36.2. The van der Waals surface area contributed by atoms with Crippen LogP contribution < -0.4 is 5.73 Å². The molecule has 9 heteroatoms. The van der Waals surface area contributed by atoms with Gasteiger partial charge in [-0.1, -0.05) is 219 Å². The van der Waals surface area contributed by atoms with Gasteiger partial charge in [0.25, 0.3) is 0 Å². The first-order valence-corrected chi connectivity index (χ1v) is 24.5. The van der Waals surface area contributed by atoms with Crippen molar-refractivity contribution in [1.29, 1.82) is 0 Å². The van der Waals surface area contributed by atoms with Gasteiger partial charge in [-0.2, -0.15) is 0 Å². The Kier molecular flexibility index (Phi) is 42.2. The first-order chi connectivity index (χ1) is 25.9. The summed E-state index contributed by atoms with van der Waals surface area (Å²) in [4.78, 5) is 22.5. The standard InChI is InChI=1S/C44H90NO7P/c1-3-5-7-9-11-13-15-17-19-21-22-23-25-27-29-31-33-35-37-44(46)52-43(42-51-53(47,48)50-40-38-45)41-49-39-36-34-32-30-28-26-24-20-18-16-14-12-10-8-6-4-2/h43H,3-42,45H2,1-2H3,(H,47,48). The molecule has 8 nitrogen and oxygen atoms in total. The third-order valence-corrected chi connectivity index (χ3v) is 11.3. The molecule has 0 heterocycles. The van der Waals surface area contributed by atoms with Crippen LogP contribution in [0.25, 0.3) is 0 Å². The lowest BCUT2D eigenvalue weighted by Gasteiger charge is -2.20. The van der Waals surface area contributed by atoms with E-state index in [-0.39, 0.29) is 32.3 Å². The molecule has 0 aromatic carbocycles. The van der Waals surface area contributed by atoms with Gasteiger partial charge in [-0.15, -0.1) is 0 Å². The monoisotopic (exact) mass is 776 g/mol. The van der Waals surface area contributed by atoms with Crippen LogP contribution in [0.4, 0.5) is 0 Å². The van der Waals surface area contributed by atoms with E-state index in [1.165, 1.54) is 186 Å². The fourth-order valence-corrected chi connectivity index (χ4v) is 7.65. The molecular formula is C44H90NO7P. The van der Waals surface area contributed by atoms with Crippen LogP contribution >= 0.6 is 7.82 Å². The zero-order valence-electron chi connectivity index (χ0n) is 35.3. The second-order valence-electron chi connectivity index (χ2n) is 15.6. The predicted octanol–water partition coefficient (Wildman–Crippen LogP) is 13.7. The highest BCUT2D eigenvalue weighted by atomic mass is 31.2. The van der Waals surface area contributed by atoms with Gasteiger partial charge in [0.05, 0.1) is 19.8 Å². The lowest BCUT2D eigenvalue weighted by atomic mass is 10.0. The molecule has 53 heavy (non-hydrogen) atoms. The highest BCUT2D eigenvalue weighted by molar-refractivity contribution is 7.47. The molecule has 0 aliphatic carbocycles. The number of ether oxygens (including phenoxy) is 2. The summed E-state index contributed by atoms with van der Waals surface area (Å²) in [5.74, 6) is -0.322. The van der Waals surface area contributed by atoms with Crippen LogP contribution in [0, 0.1) is 0 Å². The van der Waals surface area contributed by atoms with Crippen LogP contribution in [0.5, 0.6) is 0 Å². The minimum Gasteiger partial charge on any atom is -0.457 e. The van der Waals surface area contributed by atoms with Crippen molar-refractivity contribution in [2.45, 2.75) is 245 Å². The summed E-state index contributed by atoms with van der Waals surface area (Å²) in [6.45, 7) is 4.99. The molecular weight excluding hydrogens is 685 g/mol. The van der Waals surface area contributed by atoms with Crippen molar-refractivity contribution >= 4 is 13.8 Å². The van der Waals surface area contributed by atoms with Crippen LogP contribution in [0.3, 0.4) is 0 Å². The van der Waals surface area contributed by atoms with Crippen LogP contribution in [0.2, 0.25) is 0 Å². The number of nitrogens with two attached hydrogens (primary N) is 1. The Morgan fingerprint density at radius 3 is 1.19 bits per heavy atom. The summed E-state index contributed by atoms with van der Waals surface area (Å²) < 4.78 is 33.5. The van der Waals surface area contributed by atoms with E-state index >= 15 is 0 Å². The van der Waals surface area contributed by atoms with Crippen molar-refractivity contribution in [2.75, 3.05) is 33.0 Å². The second-order valence-corrected chi connectivity index (χ2v) is 17.1. The molecule has 0 aliphatic heterocycles. The molecule has 0 amide bonds. The van der Waals surface area contributed by atoms with Crippen molar-refractivity contribution in [1.82, 2.24) is 0 Å². The smallest absolute Gasteiger partial charge is 0.457 e. The first-order valence-electron chi connectivity index (χ1n) is 23.0. The van der Waals surface area contributed by atoms with Crippen LogP contribution in [-0.2, 0) is 27.9 Å². The number of phosphoric ester groups is 1. The molecule has 318 valence electrons. The van der Waals surface area contributed by atoms with E-state index in [4.69, 9.17) is 24.3 Å². The predicted molar refractivity (Wildman–Crippen MR) is 224 cm³/mol. The van der Waals surface area contributed by atoms with E-state index in [0.29, 0.717) is 13.0 Å². The number of phosphoric acid groups is 1. The molecule has 0 radical (unpaired) electrons. The van der Waals surface area contributed by atoms with Crippen molar-refractivity contribution in [3.8, 4) is 0 Å². The maximum Gasteiger partial charge on any atom is 0.472 e. The average Bonchev–Trinajstić information content (AvgIpc) is 3.15. The maximum atomic E-state index is 12.6. The number of hydrogen-bond acceptors (Lipinski definition) is 7. The Hall–Kier alpha value is -0.500. The maximum absolute atomic E-state index is 12.6. The lowest BCUT2D eigenvalue weighted by molar-refractivity contribution is -0.154. The Morgan fingerprint density at radius 2 is 0.830 bits per heavy atom. The highest BCUT2D eigenvalue weighted by Crippen LogP contribution is 2.43. The van der Waals surface area contributed by atoms with Gasteiger partial charge in [-0.05, 0) is 12.8 Å². The van der Waals surface area contributed by atoms with E-state index in [1.54, 1.807) is 0 Å². The number of rotatable bonds is 45. The van der Waals surface area contributed by atoms with E-state index in [1.807, 2.05) is 0 Å². The van der Waals surface area contributed by atoms with E-state index in [0.717, 1.165) is 32.1 Å². The summed E-state index contributed by atoms with van der Waals surface area (Å²) in [7, 11) is -4.27. The topological polar surface area (TPSA) is 117 Å². The average molecular weight is 776 g/mol. The van der Waals surface area contributed by atoms with Crippen molar-refractivity contribution in [3.63, 3.8) is 0 Å².